The summed E-state index contributed by atoms with van der Waals surface area (Å²) in [6.07, 6.45) is 0. The molecule has 0 amide bonds. The van der Waals surface area contributed by atoms with Crippen LogP contribution in [0.1, 0.15) is 16.4 Å². The lowest BCUT2D eigenvalue weighted by atomic mass is 10.1. The first-order chi connectivity index (χ1) is 8.66. The van der Waals surface area contributed by atoms with Crippen LogP contribution in [-0.4, -0.2) is 17.7 Å². The number of rotatable bonds is 5. The zero-order valence-electron chi connectivity index (χ0n) is 10.00. The van der Waals surface area contributed by atoms with E-state index in [4.69, 9.17) is 4.74 Å². The van der Waals surface area contributed by atoms with Gasteiger partial charge >= 0.3 is 5.97 Å². The molecule has 0 saturated heterocycles. The molecular weight excluding hydrogens is 248 g/mol. The normalized spacial score (nSPS) is 12.1. The zero-order chi connectivity index (χ0) is 13.0. The molecule has 1 unspecified atom stereocenters. The second-order valence-corrected chi connectivity index (χ2v) is 5.01. The number of aryl methyl sites for hydroxylation is 1. The molecular formula is C14H14O3S. The molecule has 3 nitrogen and oxygen atoms in total. The number of hydrogen-bond donors (Lipinski definition) is 1. The molecule has 0 aliphatic carbocycles. The minimum absolute atomic E-state index is 0.152. The molecule has 1 N–H and O–H groups in total. The van der Waals surface area contributed by atoms with Gasteiger partial charge < -0.3 is 9.84 Å². The van der Waals surface area contributed by atoms with Crippen molar-refractivity contribution in [2.75, 3.05) is 6.61 Å². The fraction of sp³-hybridized carbons (Fsp3) is 0.214. The smallest absolute Gasteiger partial charge is 0.315 e. The number of aliphatic carboxylic acids is 1. The highest BCUT2D eigenvalue weighted by Crippen LogP contribution is 2.23. The topological polar surface area (TPSA) is 46.5 Å². The Labute approximate surface area is 110 Å². The summed E-state index contributed by atoms with van der Waals surface area (Å²) in [5.74, 6) is -0.756. The summed E-state index contributed by atoms with van der Waals surface area (Å²) in [5, 5.41) is 11.1. The van der Waals surface area contributed by atoms with Gasteiger partial charge in [-0.25, -0.2) is 0 Å². The van der Waals surface area contributed by atoms with Crippen LogP contribution in [0, 0.1) is 6.92 Å². The van der Waals surface area contributed by atoms with Gasteiger partial charge in [-0.1, -0.05) is 18.2 Å². The van der Waals surface area contributed by atoms with Gasteiger partial charge in [-0.05, 0) is 36.1 Å². The molecule has 4 heteroatoms. The molecule has 0 spiro atoms. The highest BCUT2D eigenvalue weighted by molar-refractivity contribution is 7.10. The van der Waals surface area contributed by atoms with Crippen molar-refractivity contribution in [3.63, 3.8) is 0 Å². The van der Waals surface area contributed by atoms with Crippen molar-refractivity contribution in [1.82, 2.24) is 0 Å². The molecule has 1 atom stereocenters. The third-order valence-electron chi connectivity index (χ3n) is 2.59. The fourth-order valence-corrected chi connectivity index (χ4v) is 2.45. The van der Waals surface area contributed by atoms with Crippen molar-refractivity contribution < 1.29 is 14.6 Å². The molecule has 1 heterocycles. The van der Waals surface area contributed by atoms with Crippen LogP contribution in [0.2, 0.25) is 0 Å². The molecule has 0 saturated carbocycles. The van der Waals surface area contributed by atoms with E-state index in [1.165, 1.54) is 11.3 Å². The molecule has 0 aliphatic heterocycles. The second-order valence-electron chi connectivity index (χ2n) is 4.03. The Morgan fingerprint density at radius 1 is 1.39 bits per heavy atom. The van der Waals surface area contributed by atoms with E-state index in [2.05, 4.69) is 0 Å². The third-order valence-corrected chi connectivity index (χ3v) is 3.58. The maximum Gasteiger partial charge on any atom is 0.315 e. The van der Waals surface area contributed by atoms with E-state index in [-0.39, 0.29) is 6.61 Å². The highest BCUT2D eigenvalue weighted by atomic mass is 32.1. The molecule has 0 bridgehead atoms. The van der Waals surface area contributed by atoms with Crippen LogP contribution in [-0.2, 0) is 4.79 Å². The summed E-state index contributed by atoms with van der Waals surface area (Å²) >= 11 is 1.44. The summed E-state index contributed by atoms with van der Waals surface area (Å²) in [6, 6.07) is 11.3. The summed E-state index contributed by atoms with van der Waals surface area (Å²) in [7, 11) is 0. The van der Waals surface area contributed by atoms with Gasteiger partial charge in [0.15, 0.2) is 0 Å². The average molecular weight is 262 g/mol. The Balaban J connectivity index is 2.05. The number of ether oxygens (including phenoxy) is 1. The van der Waals surface area contributed by atoms with Crippen LogP contribution >= 0.6 is 11.3 Å². The minimum atomic E-state index is -0.856. The standard InChI is InChI=1S/C14H14O3S/c1-10-4-2-5-11(8-10)17-9-12(14(15)16)13-6-3-7-18-13/h2-8,12H,9H2,1H3,(H,15,16). The SMILES string of the molecule is Cc1cccc(OCC(C(=O)O)c2cccs2)c1. The maximum absolute atomic E-state index is 11.2. The number of carbonyl (C=O) groups is 1. The van der Waals surface area contributed by atoms with Crippen LogP contribution in [0.4, 0.5) is 0 Å². The van der Waals surface area contributed by atoms with Crippen LogP contribution in [0.15, 0.2) is 41.8 Å². The fourth-order valence-electron chi connectivity index (χ4n) is 1.65. The third kappa shape index (κ3) is 3.11. The summed E-state index contributed by atoms with van der Waals surface area (Å²) in [4.78, 5) is 12.0. The first-order valence-electron chi connectivity index (χ1n) is 5.62. The first kappa shape index (κ1) is 12.6. The van der Waals surface area contributed by atoms with Crippen LogP contribution in [0.3, 0.4) is 0 Å². The van der Waals surface area contributed by atoms with Crippen molar-refractivity contribution >= 4 is 17.3 Å². The Kier molecular flexibility index (Phi) is 3.99. The van der Waals surface area contributed by atoms with Crippen molar-refractivity contribution in [3.05, 3.63) is 52.2 Å². The average Bonchev–Trinajstić information content (AvgIpc) is 2.82. The van der Waals surface area contributed by atoms with Crippen molar-refractivity contribution in [3.8, 4) is 5.75 Å². The Morgan fingerprint density at radius 2 is 2.22 bits per heavy atom. The second kappa shape index (κ2) is 5.69. The number of carboxylic acids is 1. The lowest BCUT2D eigenvalue weighted by molar-refractivity contribution is -0.139. The first-order valence-corrected chi connectivity index (χ1v) is 6.50. The van der Waals surface area contributed by atoms with E-state index in [1.54, 1.807) is 0 Å². The Bertz CT molecular complexity index is 520. The highest BCUT2D eigenvalue weighted by Gasteiger charge is 2.21. The van der Waals surface area contributed by atoms with Crippen LogP contribution in [0.25, 0.3) is 0 Å². The predicted octanol–water partition coefficient (Wildman–Crippen LogP) is 3.30. The molecule has 0 radical (unpaired) electrons. The largest absolute Gasteiger partial charge is 0.492 e. The van der Waals surface area contributed by atoms with E-state index in [0.29, 0.717) is 5.75 Å². The molecule has 0 aliphatic rings. The lowest BCUT2D eigenvalue weighted by Gasteiger charge is -2.12. The Morgan fingerprint density at radius 3 is 2.83 bits per heavy atom. The summed E-state index contributed by atoms with van der Waals surface area (Å²) in [6.45, 7) is 2.13. The predicted molar refractivity (Wildman–Crippen MR) is 71.4 cm³/mol. The molecule has 1 aromatic heterocycles. The van der Waals surface area contributed by atoms with Gasteiger partial charge in [-0.3, -0.25) is 4.79 Å². The molecule has 2 aromatic rings. The van der Waals surface area contributed by atoms with Gasteiger partial charge in [-0.2, -0.15) is 0 Å². The molecule has 2 rings (SSSR count). The van der Waals surface area contributed by atoms with Crippen LogP contribution in [0.5, 0.6) is 5.75 Å². The van der Waals surface area contributed by atoms with Crippen molar-refractivity contribution in [2.45, 2.75) is 12.8 Å². The summed E-state index contributed by atoms with van der Waals surface area (Å²) in [5.41, 5.74) is 1.09. The molecule has 18 heavy (non-hydrogen) atoms. The maximum atomic E-state index is 11.2. The van der Waals surface area contributed by atoms with Gasteiger partial charge in [0.2, 0.25) is 0 Å². The Hall–Kier alpha value is -1.81. The monoisotopic (exact) mass is 262 g/mol. The minimum Gasteiger partial charge on any atom is -0.492 e. The number of thiophene rings is 1. The van der Waals surface area contributed by atoms with Gasteiger partial charge in [0.05, 0.1) is 0 Å². The van der Waals surface area contributed by atoms with Crippen LogP contribution < -0.4 is 4.74 Å². The van der Waals surface area contributed by atoms with Gasteiger partial charge in [0.25, 0.3) is 0 Å². The number of benzene rings is 1. The van der Waals surface area contributed by atoms with E-state index in [1.807, 2.05) is 48.7 Å². The number of carboxylic acid groups (broad SMARTS) is 1. The van der Waals surface area contributed by atoms with Crippen molar-refractivity contribution in [1.29, 1.82) is 0 Å². The molecule has 94 valence electrons. The molecule has 0 fully saturated rings. The lowest BCUT2D eigenvalue weighted by Crippen LogP contribution is -2.18. The van der Waals surface area contributed by atoms with Crippen molar-refractivity contribution in [2.24, 2.45) is 0 Å². The van der Waals surface area contributed by atoms with E-state index in [9.17, 15) is 9.90 Å². The van der Waals surface area contributed by atoms with E-state index >= 15 is 0 Å². The zero-order valence-corrected chi connectivity index (χ0v) is 10.8. The van der Waals surface area contributed by atoms with Gasteiger partial charge in [0, 0.05) is 4.88 Å². The quantitative estimate of drug-likeness (QED) is 0.899. The molecule has 1 aromatic carbocycles. The van der Waals surface area contributed by atoms with Gasteiger partial charge in [-0.15, -0.1) is 11.3 Å². The number of hydrogen-bond acceptors (Lipinski definition) is 3. The van der Waals surface area contributed by atoms with E-state index in [0.717, 1.165) is 10.4 Å². The van der Waals surface area contributed by atoms with E-state index < -0.39 is 11.9 Å². The summed E-state index contributed by atoms with van der Waals surface area (Å²) < 4.78 is 5.56. The van der Waals surface area contributed by atoms with Gasteiger partial charge in [0.1, 0.15) is 18.3 Å².